The van der Waals surface area contributed by atoms with E-state index in [-0.39, 0.29) is 0 Å². The van der Waals surface area contributed by atoms with Gasteiger partial charge in [0.2, 0.25) is 0 Å². The van der Waals surface area contributed by atoms with Crippen LogP contribution in [0.15, 0.2) is 73.6 Å². The van der Waals surface area contributed by atoms with Crippen molar-refractivity contribution in [1.82, 2.24) is 15.0 Å². The smallest absolute Gasteiger partial charge is 0.0657 e. The number of hydrogen-bond acceptors (Lipinski definition) is 8. The third-order valence-electron chi connectivity index (χ3n) is 4.98. The van der Waals surface area contributed by atoms with E-state index >= 15 is 0 Å². The van der Waals surface area contributed by atoms with Gasteiger partial charge in [-0.15, -0.1) is 0 Å². The molecule has 0 amide bonds. The lowest BCUT2D eigenvalue weighted by Gasteiger charge is -2.32. The van der Waals surface area contributed by atoms with Crippen LogP contribution in [0.5, 0.6) is 0 Å². The number of nitrogens with two attached hydrogens (primary N) is 2. The van der Waals surface area contributed by atoms with E-state index in [0.29, 0.717) is 13.2 Å². The van der Waals surface area contributed by atoms with E-state index in [1.165, 1.54) is 0 Å². The fourth-order valence-corrected chi connectivity index (χ4v) is 3.37. The maximum atomic E-state index is 6.02. The standard InChI is InChI=1S/C22H30N8/c23-7-14-28(20-1-8-25-9-2-20)15-16-29(21-3-10-26-11-4-21)17-18-30(19-24)22-5-12-27-13-6-22/h1-6,8-13H,7,14-19,23-24H2. The fraction of sp³-hybridized carbons (Fsp3) is 0.318. The third-order valence-corrected chi connectivity index (χ3v) is 4.98. The van der Waals surface area contributed by atoms with E-state index in [1.807, 2.05) is 61.2 Å². The molecule has 158 valence electrons. The predicted octanol–water partition coefficient (Wildman–Crippen LogP) is 1.57. The largest absolute Gasteiger partial charge is 0.368 e. The molecular formula is C22H30N8. The monoisotopic (exact) mass is 406 g/mol. The Morgan fingerprint density at radius 2 is 0.833 bits per heavy atom. The highest BCUT2D eigenvalue weighted by molar-refractivity contribution is 5.49. The normalized spacial score (nSPS) is 10.6. The summed E-state index contributed by atoms with van der Waals surface area (Å²) < 4.78 is 0. The van der Waals surface area contributed by atoms with Crippen LogP contribution < -0.4 is 26.2 Å². The van der Waals surface area contributed by atoms with E-state index in [2.05, 4.69) is 29.7 Å². The Kier molecular flexibility index (Phi) is 8.37. The Hall–Kier alpha value is -3.23. The number of pyridine rings is 3. The van der Waals surface area contributed by atoms with Crippen LogP contribution in [0.4, 0.5) is 17.1 Å². The predicted molar refractivity (Wildman–Crippen MR) is 123 cm³/mol. The molecule has 3 heterocycles. The first-order chi connectivity index (χ1) is 14.8. The zero-order valence-electron chi connectivity index (χ0n) is 17.2. The minimum absolute atomic E-state index is 0.449. The van der Waals surface area contributed by atoms with Gasteiger partial charge in [-0.25, -0.2) is 0 Å². The molecule has 0 aliphatic rings. The Bertz CT molecular complexity index is 832. The van der Waals surface area contributed by atoms with Gasteiger partial charge in [-0.1, -0.05) is 0 Å². The number of hydrogen-bond donors (Lipinski definition) is 2. The molecule has 0 saturated carbocycles. The summed E-state index contributed by atoms with van der Waals surface area (Å²) in [6, 6.07) is 12.1. The molecule has 0 fully saturated rings. The average molecular weight is 407 g/mol. The quantitative estimate of drug-likeness (QED) is 0.437. The number of nitrogens with zero attached hydrogens (tertiary/aromatic N) is 6. The van der Waals surface area contributed by atoms with Crippen molar-refractivity contribution in [3.63, 3.8) is 0 Å². The van der Waals surface area contributed by atoms with Crippen molar-refractivity contribution in [2.75, 3.05) is 60.6 Å². The first-order valence-corrected chi connectivity index (χ1v) is 10.2. The van der Waals surface area contributed by atoms with Gasteiger partial charge >= 0.3 is 0 Å². The molecule has 30 heavy (non-hydrogen) atoms. The Morgan fingerprint density at radius 1 is 0.500 bits per heavy atom. The number of aromatic nitrogens is 3. The topological polar surface area (TPSA) is 100 Å². The molecule has 0 radical (unpaired) electrons. The molecule has 0 spiro atoms. The summed E-state index contributed by atoms with van der Waals surface area (Å²) in [7, 11) is 0. The Labute approximate surface area is 178 Å². The summed E-state index contributed by atoms with van der Waals surface area (Å²) in [4.78, 5) is 19.2. The second kappa shape index (κ2) is 11.7. The first-order valence-electron chi connectivity index (χ1n) is 10.2. The van der Waals surface area contributed by atoms with Gasteiger partial charge in [0, 0.05) is 93.5 Å². The second-order valence-electron chi connectivity index (χ2n) is 6.83. The summed E-state index contributed by atoms with van der Waals surface area (Å²) in [5, 5.41) is 0. The molecule has 8 nitrogen and oxygen atoms in total. The van der Waals surface area contributed by atoms with E-state index in [0.717, 1.165) is 49.8 Å². The van der Waals surface area contributed by atoms with Crippen LogP contribution in [0.1, 0.15) is 0 Å². The highest BCUT2D eigenvalue weighted by atomic mass is 15.2. The van der Waals surface area contributed by atoms with Crippen LogP contribution >= 0.6 is 0 Å². The molecule has 4 N–H and O–H groups in total. The van der Waals surface area contributed by atoms with Crippen LogP contribution in [0.3, 0.4) is 0 Å². The molecule has 0 aliphatic heterocycles. The molecule has 0 unspecified atom stereocenters. The van der Waals surface area contributed by atoms with Crippen LogP contribution in [-0.2, 0) is 0 Å². The summed E-state index contributed by atoms with van der Waals surface area (Å²) >= 11 is 0. The summed E-state index contributed by atoms with van der Waals surface area (Å²) in [5.41, 5.74) is 15.2. The van der Waals surface area contributed by atoms with Gasteiger partial charge in [0.05, 0.1) is 6.67 Å². The summed E-state index contributed by atoms with van der Waals surface area (Å²) in [6.45, 7) is 5.17. The third kappa shape index (κ3) is 6.13. The molecule has 3 rings (SSSR count). The van der Waals surface area contributed by atoms with Gasteiger partial charge in [-0.3, -0.25) is 15.0 Å². The molecular weight excluding hydrogens is 376 g/mol. The molecule has 0 aliphatic carbocycles. The van der Waals surface area contributed by atoms with Gasteiger partial charge in [-0.2, -0.15) is 0 Å². The van der Waals surface area contributed by atoms with Gasteiger partial charge in [0.1, 0.15) is 0 Å². The van der Waals surface area contributed by atoms with Crippen molar-refractivity contribution in [1.29, 1.82) is 0 Å². The van der Waals surface area contributed by atoms with Crippen molar-refractivity contribution >= 4 is 17.1 Å². The maximum Gasteiger partial charge on any atom is 0.0657 e. The maximum absolute atomic E-state index is 6.02. The Morgan fingerprint density at radius 3 is 1.20 bits per heavy atom. The van der Waals surface area contributed by atoms with Crippen molar-refractivity contribution in [3.8, 4) is 0 Å². The van der Waals surface area contributed by atoms with Crippen molar-refractivity contribution in [2.24, 2.45) is 11.5 Å². The second-order valence-corrected chi connectivity index (χ2v) is 6.83. The molecule has 3 aromatic heterocycles. The molecule has 0 bridgehead atoms. The van der Waals surface area contributed by atoms with Crippen LogP contribution in [0.25, 0.3) is 0 Å². The first kappa shape index (κ1) is 21.5. The summed E-state index contributed by atoms with van der Waals surface area (Å²) in [6.07, 6.45) is 10.9. The Balaban J connectivity index is 1.69. The van der Waals surface area contributed by atoms with Crippen LogP contribution in [0.2, 0.25) is 0 Å². The zero-order valence-corrected chi connectivity index (χ0v) is 17.2. The van der Waals surface area contributed by atoms with Crippen LogP contribution in [-0.4, -0.2) is 60.9 Å². The van der Waals surface area contributed by atoms with E-state index in [1.54, 1.807) is 12.4 Å². The minimum atomic E-state index is 0.449. The lowest BCUT2D eigenvalue weighted by atomic mass is 10.3. The molecule has 0 atom stereocenters. The molecule has 3 aromatic rings. The minimum Gasteiger partial charge on any atom is -0.368 e. The zero-order chi connectivity index (χ0) is 21.0. The number of rotatable bonds is 12. The van der Waals surface area contributed by atoms with Gasteiger partial charge < -0.3 is 26.2 Å². The number of anilines is 3. The van der Waals surface area contributed by atoms with Crippen molar-refractivity contribution in [2.45, 2.75) is 0 Å². The average Bonchev–Trinajstić information content (AvgIpc) is 2.82. The van der Waals surface area contributed by atoms with Crippen molar-refractivity contribution in [3.05, 3.63) is 73.6 Å². The summed E-state index contributed by atoms with van der Waals surface area (Å²) in [5.74, 6) is 0. The van der Waals surface area contributed by atoms with E-state index in [4.69, 9.17) is 11.5 Å². The van der Waals surface area contributed by atoms with E-state index in [9.17, 15) is 0 Å². The van der Waals surface area contributed by atoms with E-state index < -0.39 is 0 Å². The lowest BCUT2D eigenvalue weighted by Crippen LogP contribution is -2.42. The van der Waals surface area contributed by atoms with Gasteiger partial charge in [0.15, 0.2) is 0 Å². The molecule has 0 saturated heterocycles. The fourth-order valence-electron chi connectivity index (χ4n) is 3.37. The lowest BCUT2D eigenvalue weighted by molar-refractivity contribution is 0.700. The highest BCUT2D eigenvalue weighted by Gasteiger charge is 2.13. The molecule has 0 aromatic carbocycles. The molecule has 8 heteroatoms. The van der Waals surface area contributed by atoms with Crippen molar-refractivity contribution < 1.29 is 0 Å². The SMILES string of the molecule is NCCN(CCN(CCN(CN)c1ccncc1)c1ccncc1)c1ccncc1. The van der Waals surface area contributed by atoms with Gasteiger partial charge in [-0.05, 0) is 36.4 Å². The highest BCUT2D eigenvalue weighted by Crippen LogP contribution is 2.16. The van der Waals surface area contributed by atoms with Crippen LogP contribution in [0, 0.1) is 0 Å². The van der Waals surface area contributed by atoms with Gasteiger partial charge in [0.25, 0.3) is 0 Å².